The van der Waals surface area contributed by atoms with Crippen molar-refractivity contribution in [2.45, 2.75) is 46.5 Å². The summed E-state index contributed by atoms with van der Waals surface area (Å²) < 4.78 is 0. The third-order valence-corrected chi connectivity index (χ3v) is 5.01. The number of aliphatic hydroxyl groups excluding tert-OH is 1. The van der Waals surface area contributed by atoms with E-state index in [0.717, 1.165) is 12.3 Å². The highest BCUT2D eigenvalue weighted by Gasteiger charge is 2.29. The molecule has 1 unspecified atom stereocenters. The number of rotatable bonds is 2. The Morgan fingerprint density at radius 2 is 2.19 bits per heavy atom. The van der Waals surface area contributed by atoms with Crippen LogP contribution in [0.4, 0.5) is 0 Å². The van der Waals surface area contributed by atoms with Crippen LogP contribution >= 0.6 is 11.3 Å². The molecule has 1 aromatic heterocycles. The van der Waals surface area contributed by atoms with Gasteiger partial charge in [-0.3, -0.25) is 0 Å². The van der Waals surface area contributed by atoms with E-state index in [9.17, 15) is 0 Å². The number of hydrogen-bond acceptors (Lipinski definition) is 2. The quantitative estimate of drug-likeness (QED) is 0.837. The van der Waals surface area contributed by atoms with Crippen LogP contribution in [-0.2, 0) is 19.3 Å². The van der Waals surface area contributed by atoms with Gasteiger partial charge in [-0.15, -0.1) is 11.3 Å². The molecule has 1 aromatic rings. The van der Waals surface area contributed by atoms with Gasteiger partial charge in [-0.2, -0.15) is 0 Å². The van der Waals surface area contributed by atoms with E-state index >= 15 is 0 Å². The van der Waals surface area contributed by atoms with Crippen LogP contribution in [0.15, 0.2) is 6.07 Å². The third kappa shape index (κ3) is 2.49. The van der Waals surface area contributed by atoms with Crippen molar-refractivity contribution in [3.8, 4) is 0 Å². The molecular weight excluding hydrogens is 216 g/mol. The van der Waals surface area contributed by atoms with Gasteiger partial charge in [0.15, 0.2) is 0 Å². The Hall–Kier alpha value is -0.340. The first kappa shape index (κ1) is 12.1. The molecule has 0 bridgehead atoms. The van der Waals surface area contributed by atoms with Gasteiger partial charge in [-0.1, -0.05) is 20.8 Å². The van der Waals surface area contributed by atoms with Crippen LogP contribution in [-0.4, -0.2) is 11.7 Å². The number of aryl methyl sites for hydroxylation is 1. The van der Waals surface area contributed by atoms with E-state index in [-0.39, 0.29) is 6.61 Å². The number of thiophene rings is 1. The molecule has 0 amide bonds. The first-order valence-electron chi connectivity index (χ1n) is 6.22. The van der Waals surface area contributed by atoms with E-state index in [2.05, 4.69) is 26.8 Å². The molecule has 16 heavy (non-hydrogen) atoms. The second-order valence-electron chi connectivity index (χ2n) is 5.94. The predicted octanol–water partition coefficient (Wildman–Crippen LogP) is 3.43. The van der Waals surface area contributed by atoms with Crippen molar-refractivity contribution in [3.05, 3.63) is 21.4 Å². The molecule has 1 N–H and O–H groups in total. The van der Waals surface area contributed by atoms with Gasteiger partial charge in [0.05, 0.1) is 0 Å². The van der Waals surface area contributed by atoms with Crippen LogP contribution in [0.2, 0.25) is 0 Å². The van der Waals surface area contributed by atoms with E-state index in [4.69, 9.17) is 5.11 Å². The Labute approximate surface area is 103 Å². The van der Waals surface area contributed by atoms with Crippen molar-refractivity contribution >= 4 is 11.3 Å². The summed E-state index contributed by atoms with van der Waals surface area (Å²) in [6.07, 6.45) is 4.64. The summed E-state index contributed by atoms with van der Waals surface area (Å²) in [4.78, 5) is 2.94. The van der Waals surface area contributed by atoms with Crippen molar-refractivity contribution in [2.75, 3.05) is 6.61 Å². The van der Waals surface area contributed by atoms with Crippen molar-refractivity contribution in [1.29, 1.82) is 0 Å². The Bertz CT molecular complexity index is 359. The summed E-state index contributed by atoms with van der Waals surface area (Å²) in [6, 6.07) is 2.33. The topological polar surface area (TPSA) is 20.2 Å². The summed E-state index contributed by atoms with van der Waals surface area (Å²) in [5, 5.41) is 8.97. The molecule has 1 heterocycles. The van der Waals surface area contributed by atoms with Gasteiger partial charge in [0.25, 0.3) is 0 Å². The molecule has 1 aliphatic rings. The first-order valence-corrected chi connectivity index (χ1v) is 7.03. The highest BCUT2D eigenvalue weighted by molar-refractivity contribution is 7.12. The van der Waals surface area contributed by atoms with Gasteiger partial charge in [-0.25, -0.2) is 0 Å². The number of hydrogen-bond donors (Lipinski definition) is 1. The smallest absolute Gasteiger partial charge is 0.0479 e. The fourth-order valence-electron chi connectivity index (χ4n) is 2.56. The number of fused-ring (bicyclic) bond motifs is 1. The largest absolute Gasteiger partial charge is 0.396 e. The standard InChI is InChI=1S/C14H22OS/c1-14(2,3)11-4-5-13-10(8-11)9-12(16-13)6-7-15/h9,11,15H,4-8H2,1-3H3. The normalized spacial score (nSPS) is 20.9. The van der Waals surface area contributed by atoms with Gasteiger partial charge < -0.3 is 5.11 Å². The number of aliphatic hydroxyl groups is 1. The molecule has 90 valence electrons. The van der Waals surface area contributed by atoms with Gasteiger partial charge in [0.1, 0.15) is 0 Å². The van der Waals surface area contributed by atoms with Crippen molar-refractivity contribution < 1.29 is 5.11 Å². The lowest BCUT2D eigenvalue weighted by Gasteiger charge is -2.33. The van der Waals surface area contributed by atoms with Gasteiger partial charge in [0, 0.05) is 22.8 Å². The van der Waals surface area contributed by atoms with Crippen LogP contribution < -0.4 is 0 Å². The minimum Gasteiger partial charge on any atom is -0.396 e. The molecule has 0 radical (unpaired) electrons. The average molecular weight is 238 g/mol. The Morgan fingerprint density at radius 1 is 1.44 bits per heavy atom. The summed E-state index contributed by atoms with van der Waals surface area (Å²) in [7, 11) is 0. The Morgan fingerprint density at radius 3 is 2.81 bits per heavy atom. The second-order valence-corrected chi connectivity index (χ2v) is 7.16. The minimum absolute atomic E-state index is 0.280. The van der Waals surface area contributed by atoms with Gasteiger partial charge in [0.2, 0.25) is 0 Å². The zero-order chi connectivity index (χ0) is 11.8. The SMILES string of the molecule is CC(C)(C)C1CCc2sc(CCO)cc2C1. The van der Waals surface area contributed by atoms with Crippen molar-refractivity contribution in [3.63, 3.8) is 0 Å². The summed E-state index contributed by atoms with van der Waals surface area (Å²) in [6.45, 7) is 7.33. The molecule has 0 saturated heterocycles. The van der Waals surface area contributed by atoms with Crippen LogP contribution in [0, 0.1) is 11.3 Å². The van der Waals surface area contributed by atoms with Crippen molar-refractivity contribution in [2.24, 2.45) is 11.3 Å². The fourth-order valence-corrected chi connectivity index (χ4v) is 3.76. The van der Waals surface area contributed by atoms with E-state index in [1.807, 2.05) is 11.3 Å². The van der Waals surface area contributed by atoms with E-state index in [0.29, 0.717) is 5.41 Å². The van der Waals surface area contributed by atoms with E-state index < -0.39 is 0 Å². The average Bonchev–Trinajstić information content (AvgIpc) is 2.57. The van der Waals surface area contributed by atoms with Crippen LogP contribution in [0.3, 0.4) is 0 Å². The molecule has 1 aliphatic carbocycles. The molecule has 0 fully saturated rings. The molecule has 1 nitrogen and oxygen atoms in total. The minimum atomic E-state index is 0.280. The predicted molar refractivity (Wildman–Crippen MR) is 70.1 cm³/mol. The monoisotopic (exact) mass is 238 g/mol. The lowest BCUT2D eigenvalue weighted by molar-refractivity contribution is 0.217. The van der Waals surface area contributed by atoms with Crippen LogP contribution in [0.1, 0.15) is 42.5 Å². The summed E-state index contributed by atoms with van der Waals surface area (Å²) in [5.41, 5.74) is 1.98. The molecule has 0 spiro atoms. The highest BCUT2D eigenvalue weighted by atomic mass is 32.1. The van der Waals surface area contributed by atoms with E-state index in [1.54, 1.807) is 10.4 Å². The highest BCUT2D eigenvalue weighted by Crippen LogP contribution is 2.40. The molecule has 2 heteroatoms. The molecule has 2 rings (SSSR count). The molecular formula is C14H22OS. The van der Waals surface area contributed by atoms with Crippen molar-refractivity contribution in [1.82, 2.24) is 0 Å². The van der Waals surface area contributed by atoms with Gasteiger partial charge >= 0.3 is 0 Å². The first-order chi connectivity index (χ1) is 7.50. The van der Waals surface area contributed by atoms with E-state index in [1.165, 1.54) is 24.1 Å². The fraction of sp³-hybridized carbons (Fsp3) is 0.714. The van der Waals surface area contributed by atoms with Crippen LogP contribution in [0.5, 0.6) is 0 Å². The Balaban J connectivity index is 2.14. The maximum atomic E-state index is 8.97. The lowest BCUT2D eigenvalue weighted by Crippen LogP contribution is -2.26. The maximum absolute atomic E-state index is 8.97. The zero-order valence-corrected chi connectivity index (χ0v) is 11.4. The second kappa shape index (κ2) is 4.50. The molecule has 0 aromatic carbocycles. The summed E-state index contributed by atoms with van der Waals surface area (Å²) >= 11 is 1.91. The zero-order valence-electron chi connectivity index (χ0n) is 10.5. The lowest BCUT2D eigenvalue weighted by atomic mass is 9.72. The molecule has 0 saturated carbocycles. The third-order valence-electron chi connectivity index (χ3n) is 3.72. The molecule has 0 aliphatic heterocycles. The Kier molecular flexibility index (Phi) is 3.41. The summed E-state index contributed by atoms with van der Waals surface area (Å²) in [5.74, 6) is 0.816. The maximum Gasteiger partial charge on any atom is 0.0479 e. The molecule has 1 atom stereocenters. The van der Waals surface area contributed by atoms with Crippen LogP contribution in [0.25, 0.3) is 0 Å². The van der Waals surface area contributed by atoms with Gasteiger partial charge in [-0.05, 0) is 42.2 Å².